The van der Waals surface area contributed by atoms with E-state index in [2.05, 4.69) is 0 Å². The first-order chi connectivity index (χ1) is 9.51. The van der Waals surface area contributed by atoms with Crippen LogP contribution in [0.25, 0.3) is 6.08 Å². The van der Waals surface area contributed by atoms with Crippen LogP contribution >= 0.6 is 11.6 Å². The summed E-state index contributed by atoms with van der Waals surface area (Å²) in [4.78, 5) is 22.1. The Morgan fingerprint density at radius 2 is 2.05 bits per heavy atom. The molecular formula is C12H8ClN3O4. The highest BCUT2D eigenvalue weighted by molar-refractivity contribution is 6.32. The lowest BCUT2D eigenvalue weighted by Gasteiger charge is -2.03. The fraction of sp³-hybridized carbons (Fsp3) is 0.0833. The van der Waals surface area contributed by atoms with Gasteiger partial charge in [0.1, 0.15) is 11.6 Å². The largest absolute Gasteiger partial charge is 0.454 e. The van der Waals surface area contributed by atoms with Crippen molar-refractivity contribution in [2.45, 2.75) is 0 Å². The second-order valence-electron chi connectivity index (χ2n) is 3.72. The highest BCUT2D eigenvalue weighted by Crippen LogP contribution is 2.37. The van der Waals surface area contributed by atoms with Gasteiger partial charge in [0.05, 0.1) is 5.02 Å². The molecule has 3 N–H and O–H groups in total. The summed E-state index contributed by atoms with van der Waals surface area (Å²) in [6.07, 6.45) is 1.22. The van der Waals surface area contributed by atoms with Gasteiger partial charge < -0.3 is 15.2 Å². The monoisotopic (exact) mass is 293 g/mol. The average molecular weight is 294 g/mol. The number of imide groups is 1. The standard InChI is InChI=1S/C12H8ClN3O4/c13-8-3-10-9(19-5-20-10)2-6(8)1-7(4-14)11(17)16-12(15)18/h1-3H,5H2,(H3,15,16,17,18)/b7-1-. The molecule has 8 heteroatoms. The van der Waals surface area contributed by atoms with E-state index in [4.69, 9.17) is 32.1 Å². The number of urea groups is 1. The van der Waals surface area contributed by atoms with E-state index in [1.54, 1.807) is 11.4 Å². The summed E-state index contributed by atoms with van der Waals surface area (Å²) in [6.45, 7) is 0.0755. The van der Waals surface area contributed by atoms with E-state index < -0.39 is 11.9 Å². The van der Waals surface area contributed by atoms with E-state index in [-0.39, 0.29) is 17.4 Å². The van der Waals surface area contributed by atoms with Crippen molar-refractivity contribution < 1.29 is 19.1 Å². The Hall–Kier alpha value is -2.72. The van der Waals surface area contributed by atoms with Gasteiger partial charge in [0.15, 0.2) is 11.5 Å². The molecule has 7 nitrogen and oxygen atoms in total. The van der Waals surface area contributed by atoms with Crippen molar-refractivity contribution in [3.63, 3.8) is 0 Å². The molecule has 20 heavy (non-hydrogen) atoms. The van der Waals surface area contributed by atoms with Crippen LogP contribution in [0.2, 0.25) is 5.02 Å². The van der Waals surface area contributed by atoms with Gasteiger partial charge >= 0.3 is 6.03 Å². The van der Waals surface area contributed by atoms with Gasteiger partial charge in [-0.3, -0.25) is 10.1 Å². The highest BCUT2D eigenvalue weighted by Gasteiger charge is 2.17. The molecule has 0 fully saturated rings. The molecule has 0 bridgehead atoms. The quantitative estimate of drug-likeness (QED) is 0.627. The third kappa shape index (κ3) is 2.81. The van der Waals surface area contributed by atoms with Crippen LogP contribution in [0.5, 0.6) is 11.5 Å². The van der Waals surface area contributed by atoms with Crippen LogP contribution in [0.1, 0.15) is 5.56 Å². The lowest BCUT2D eigenvalue weighted by molar-refractivity contribution is -0.115. The maximum absolute atomic E-state index is 11.5. The van der Waals surface area contributed by atoms with Gasteiger partial charge in [0, 0.05) is 6.07 Å². The Morgan fingerprint density at radius 3 is 2.65 bits per heavy atom. The zero-order valence-electron chi connectivity index (χ0n) is 9.97. The molecule has 1 aromatic carbocycles. The van der Waals surface area contributed by atoms with Gasteiger partial charge in [-0.15, -0.1) is 0 Å². The summed E-state index contributed by atoms with van der Waals surface area (Å²) in [6, 6.07) is 3.65. The van der Waals surface area contributed by atoms with Crippen molar-refractivity contribution >= 4 is 29.6 Å². The van der Waals surface area contributed by atoms with E-state index in [0.717, 1.165) is 0 Å². The first-order valence-electron chi connectivity index (χ1n) is 5.33. The molecule has 1 aromatic rings. The number of nitriles is 1. The minimum Gasteiger partial charge on any atom is -0.454 e. The Morgan fingerprint density at radius 1 is 1.40 bits per heavy atom. The maximum atomic E-state index is 11.5. The molecule has 0 spiro atoms. The molecule has 0 radical (unpaired) electrons. The van der Waals surface area contributed by atoms with E-state index >= 15 is 0 Å². The van der Waals surface area contributed by atoms with Crippen molar-refractivity contribution in [3.05, 3.63) is 28.3 Å². The Kier molecular flexibility index (Phi) is 3.77. The summed E-state index contributed by atoms with van der Waals surface area (Å²) in [5, 5.41) is 11.0. The molecule has 3 amide bonds. The molecule has 0 saturated heterocycles. The van der Waals surface area contributed by atoms with Gasteiger partial charge in [-0.05, 0) is 17.7 Å². The molecule has 0 aromatic heterocycles. The Balaban J connectivity index is 2.36. The molecular weight excluding hydrogens is 286 g/mol. The van der Waals surface area contributed by atoms with Crippen molar-refractivity contribution in [2.24, 2.45) is 5.73 Å². The van der Waals surface area contributed by atoms with Crippen molar-refractivity contribution in [2.75, 3.05) is 6.79 Å². The second kappa shape index (κ2) is 5.50. The number of fused-ring (bicyclic) bond motifs is 1. The van der Waals surface area contributed by atoms with Crippen LogP contribution in [0, 0.1) is 11.3 Å². The second-order valence-corrected chi connectivity index (χ2v) is 4.12. The molecule has 0 saturated carbocycles. The van der Waals surface area contributed by atoms with Gasteiger partial charge in [0.2, 0.25) is 6.79 Å². The smallest absolute Gasteiger partial charge is 0.319 e. The SMILES string of the molecule is N#C/C(=C/c1cc2c(cc1Cl)OCO2)C(=O)NC(N)=O. The van der Waals surface area contributed by atoms with E-state index in [0.29, 0.717) is 17.1 Å². The number of benzene rings is 1. The van der Waals surface area contributed by atoms with Crippen molar-refractivity contribution in [3.8, 4) is 17.6 Å². The number of halogens is 1. The van der Waals surface area contributed by atoms with E-state index in [1.807, 2.05) is 0 Å². The summed E-state index contributed by atoms with van der Waals surface area (Å²) >= 11 is 6.01. The molecule has 1 heterocycles. The fourth-order valence-corrected chi connectivity index (χ4v) is 1.74. The minimum atomic E-state index is -1.05. The van der Waals surface area contributed by atoms with Crippen LogP contribution in [0.3, 0.4) is 0 Å². The number of nitrogens with two attached hydrogens (primary N) is 1. The summed E-state index contributed by atoms with van der Waals surface area (Å²) < 4.78 is 10.3. The average Bonchev–Trinajstić information content (AvgIpc) is 2.81. The van der Waals surface area contributed by atoms with Crippen LogP contribution in [-0.4, -0.2) is 18.7 Å². The molecule has 0 aliphatic carbocycles. The Labute approximate surface area is 118 Å². The topological polar surface area (TPSA) is 114 Å². The predicted octanol–water partition coefficient (Wildman–Crippen LogP) is 1.17. The van der Waals surface area contributed by atoms with Gasteiger partial charge in [-0.2, -0.15) is 5.26 Å². The number of primary amides is 1. The summed E-state index contributed by atoms with van der Waals surface area (Å²) in [5.41, 5.74) is 4.88. The molecule has 102 valence electrons. The van der Waals surface area contributed by atoms with Crippen molar-refractivity contribution in [1.29, 1.82) is 5.26 Å². The predicted molar refractivity (Wildman–Crippen MR) is 68.9 cm³/mol. The maximum Gasteiger partial charge on any atom is 0.319 e. The molecule has 1 aliphatic rings. The minimum absolute atomic E-state index is 0.0755. The number of carbonyl (C=O) groups is 2. The number of nitrogens with zero attached hydrogens (tertiary/aromatic N) is 1. The van der Waals surface area contributed by atoms with E-state index in [1.165, 1.54) is 18.2 Å². The van der Waals surface area contributed by atoms with Crippen LogP contribution in [0.4, 0.5) is 4.79 Å². The first-order valence-corrected chi connectivity index (χ1v) is 5.71. The number of carbonyl (C=O) groups excluding carboxylic acids is 2. The van der Waals surface area contributed by atoms with Crippen LogP contribution < -0.4 is 20.5 Å². The Bertz CT molecular complexity index is 663. The normalized spacial score (nSPS) is 12.7. The lowest BCUT2D eigenvalue weighted by Crippen LogP contribution is -2.35. The highest BCUT2D eigenvalue weighted by atomic mass is 35.5. The van der Waals surface area contributed by atoms with Gasteiger partial charge in [-0.1, -0.05) is 11.6 Å². The van der Waals surface area contributed by atoms with Gasteiger partial charge in [0.25, 0.3) is 5.91 Å². The fourth-order valence-electron chi connectivity index (χ4n) is 1.53. The first kappa shape index (κ1) is 13.7. The number of amides is 3. The number of hydrogen-bond acceptors (Lipinski definition) is 5. The number of rotatable bonds is 2. The van der Waals surface area contributed by atoms with Crippen LogP contribution in [0.15, 0.2) is 17.7 Å². The number of nitrogens with one attached hydrogen (secondary N) is 1. The summed E-state index contributed by atoms with van der Waals surface area (Å²) in [7, 11) is 0. The molecule has 1 aliphatic heterocycles. The third-order valence-electron chi connectivity index (χ3n) is 2.39. The number of hydrogen-bond donors (Lipinski definition) is 2. The molecule has 0 unspecified atom stereocenters. The summed E-state index contributed by atoms with van der Waals surface area (Å²) in [5.74, 6) is 0.0224. The molecule has 2 rings (SSSR count). The zero-order chi connectivity index (χ0) is 14.7. The van der Waals surface area contributed by atoms with Gasteiger partial charge in [-0.25, -0.2) is 4.79 Å². The third-order valence-corrected chi connectivity index (χ3v) is 2.72. The zero-order valence-corrected chi connectivity index (χ0v) is 10.7. The molecule has 0 atom stereocenters. The van der Waals surface area contributed by atoms with Crippen LogP contribution in [-0.2, 0) is 4.79 Å². The van der Waals surface area contributed by atoms with E-state index in [9.17, 15) is 9.59 Å². The van der Waals surface area contributed by atoms with Crippen molar-refractivity contribution in [1.82, 2.24) is 5.32 Å². The number of ether oxygens (including phenoxy) is 2. The lowest BCUT2D eigenvalue weighted by atomic mass is 10.1.